The lowest BCUT2D eigenvalue weighted by Gasteiger charge is -2.17. The molecule has 2 unspecified atom stereocenters. The number of carboxylic acids is 1. The topological polar surface area (TPSA) is 136 Å². The molecule has 0 fully saturated rings. The second-order valence-electron chi connectivity index (χ2n) is 4.88. The molecule has 0 saturated carbocycles. The Hall–Kier alpha value is -1.63. The van der Waals surface area contributed by atoms with Gasteiger partial charge in [0.05, 0.1) is 6.42 Å². The number of hydrogen-bond acceptors (Lipinski definition) is 4. The van der Waals surface area contributed by atoms with Gasteiger partial charge in [-0.3, -0.25) is 9.59 Å². The Morgan fingerprint density at radius 3 is 2.21 bits per heavy atom. The molecule has 0 rings (SSSR count). The summed E-state index contributed by atoms with van der Waals surface area (Å²) in [6, 6.07) is -1.18. The molecule has 19 heavy (non-hydrogen) atoms. The van der Waals surface area contributed by atoms with Gasteiger partial charge >= 0.3 is 5.97 Å². The molecule has 110 valence electrons. The van der Waals surface area contributed by atoms with Crippen molar-refractivity contribution >= 4 is 17.8 Å². The summed E-state index contributed by atoms with van der Waals surface area (Å²) in [5.74, 6) is -2.75. The van der Waals surface area contributed by atoms with Crippen LogP contribution in [-0.4, -0.2) is 35.0 Å². The number of hydrogen-bond donors (Lipinski definition) is 4. The normalized spacial score (nSPS) is 15.3. The Morgan fingerprint density at radius 1 is 1.21 bits per heavy atom. The monoisotopic (exact) mass is 273 g/mol. The SMILES string of the molecule is CC(N)CCCC(C)C(=O)N[C@H](CC(N)=O)C(=O)O. The maximum absolute atomic E-state index is 11.8. The number of amides is 2. The predicted molar refractivity (Wildman–Crippen MR) is 70.0 cm³/mol. The Kier molecular flexibility index (Phi) is 7.74. The first-order valence-corrected chi connectivity index (χ1v) is 6.31. The van der Waals surface area contributed by atoms with E-state index in [2.05, 4.69) is 5.32 Å². The lowest BCUT2D eigenvalue weighted by atomic mass is 10.0. The smallest absolute Gasteiger partial charge is 0.326 e. The van der Waals surface area contributed by atoms with E-state index in [9.17, 15) is 14.4 Å². The minimum atomic E-state index is -1.27. The summed E-state index contributed by atoms with van der Waals surface area (Å²) in [5.41, 5.74) is 10.5. The van der Waals surface area contributed by atoms with Gasteiger partial charge in [0.15, 0.2) is 0 Å². The van der Waals surface area contributed by atoms with Crippen LogP contribution in [0.25, 0.3) is 0 Å². The summed E-state index contributed by atoms with van der Waals surface area (Å²) in [4.78, 5) is 33.3. The van der Waals surface area contributed by atoms with Gasteiger partial charge in [-0.05, 0) is 19.8 Å². The number of carboxylic acid groups (broad SMARTS) is 1. The molecular formula is C12H23N3O4. The van der Waals surface area contributed by atoms with Gasteiger partial charge in [0.25, 0.3) is 0 Å². The molecule has 0 aromatic rings. The van der Waals surface area contributed by atoms with Crippen LogP contribution in [0, 0.1) is 5.92 Å². The van der Waals surface area contributed by atoms with Crippen molar-refractivity contribution in [2.75, 3.05) is 0 Å². The van der Waals surface area contributed by atoms with Crippen LogP contribution in [0.5, 0.6) is 0 Å². The molecule has 7 nitrogen and oxygen atoms in total. The molecule has 7 heteroatoms. The Bertz CT molecular complexity index is 331. The van der Waals surface area contributed by atoms with Crippen LogP contribution in [0.1, 0.15) is 39.5 Å². The third kappa shape index (κ3) is 8.15. The van der Waals surface area contributed by atoms with Gasteiger partial charge in [0.2, 0.25) is 11.8 Å². The molecule has 0 aliphatic rings. The van der Waals surface area contributed by atoms with Crippen molar-refractivity contribution in [3.8, 4) is 0 Å². The van der Waals surface area contributed by atoms with Gasteiger partial charge in [0, 0.05) is 12.0 Å². The van der Waals surface area contributed by atoms with Gasteiger partial charge in [-0.25, -0.2) is 4.79 Å². The quantitative estimate of drug-likeness (QED) is 0.452. The fraction of sp³-hybridized carbons (Fsp3) is 0.750. The molecule has 0 aliphatic carbocycles. The van der Waals surface area contributed by atoms with Crippen LogP contribution in [0.15, 0.2) is 0 Å². The molecular weight excluding hydrogens is 250 g/mol. The highest BCUT2D eigenvalue weighted by Gasteiger charge is 2.24. The second kappa shape index (κ2) is 8.47. The third-order valence-electron chi connectivity index (χ3n) is 2.76. The van der Waals surface area contributed by atoms with E-state index < -0.39 is 30.2 Å². The third-order valence-corrected chi connectivity index (χ3v) is 2.76. The number of primary amides is 1. The van der Waals surface area contributed by atoms with E-state index in [1.807, 2.05) is 6.92 Å². The van der Waals surface area contributed by atoms with Crippen molar-refractivity contribution in [2.24, 2.45) is 17.4 Å². The molecule has 0 aromatic carbocycles. The Morgan fingerprint density at radius 2 is 1.79 bits per heavy atom. The fourth-order valence-electron chi connectivity index (χ4n) is 1.59. The first kappa shape index (κ1) is 17.4. The zero-order valence-electron chi connectivity index (χ0n) is 11.4. The molecule has 6 N–H and O–H groups in total. The number of nitrogens with two attached hydrogens (primary N) is 2. The average molecular weight is 273 g/mol. The van der Waals surface area contributed by atoms with E-state index in [4.69, 9.17) is 16.6 Å². The first-order valence-electron chi connectivity index (χ1n) is 6.31. The van der Waals surface area contributed by atoms with E-state index >= 15 is 0 Å². The van der Waals surface area contributed by atoms with Crippen molar-refractivity contribution in [1.82, 2.24) is 5.32 Å². The van der Waals surface area contributed by atoms with E-state index in [1.165, 1.54) is 0 Å². The van der Waals surface area contributed by atoms with Crippen LogP contribution in [-0.2, 0) is 14.4 Å². The van der Waals surface area contributed by atoms with Gasteiger partial charge in [-0.2, -0.15) is 0 Å². The molecule has 0 aliphatic heterocycles. The van der Waals surface area contributed by atoms with Crippen molar-refractivity contribution < 1.29 is 19.5 Å². The van der Waals surface area contributed by atoms with Crippen LogP contribution < -0.4 is 16.8 Å². The van der Waals surface area contributed by atoms with Gasteiger partial charge in [-0.1, -0.05) is 13.3 Å². The minimum absolute atomic E-state index is 0.0805. The molecule has 2 amide bonds. The highest BCUT2D eigenvalue weighted by Crippen LogP contribution is 2.09. The molecule has 0 aromatic heterocycles. The van der Waals surface area contributed by atoms with Crippen LogP contribution in [0.2, 0.25) is 0 Å². The number of rotatable bonds is 9. The molecule has 0 heterocycles. The zero-order valence-corrected chi connectivity index (χ0v) is 11.4. The van der Waals surface area contributed by atoms with Gasteiger partial charge < -0.3 is 21.9 Å². The number of aliphatic carboxylic acids is 1. The summed E-state index contributed by atoms with van der Waals surface area (Å²) < 4.78 is 0. The number of carbonyl (C=O) groups is 3. The lowest BCUT2D eigenvalue weighted by Crippen LogP contribution is -2.45. The van der Waals surface area contributed by atoms with Crippen molar-refractivity contribution in [2.45, 2.75) is 51.6 Å². The average Bonchev–Trinajstić information content (AvgIpc) is 2.26. The maximum atomic E-state index is 11.8. The fourth-order valence-corrected chi connectivity index (χ4v) is 1.59. The van der Waals surface area contributed by atoms with Crippen LogP contribution in [0.4, 0.5) is 0 Å². The molecule has 0 bridgehead atoms. The van der Waals surface area contributed by atoms with Crippen molar-refractivity contribution in [3.05, 3.63) is 0 Å². The molecule has 0 saturated heterocycles. The van der Waals surface area contributed by atoms with E-state index in [1.54, 1.807) is 6.92 Å². The Labute approximate surface area is 112 Å². The number of nitrogens with one attached hydrogen (secondary N) is 1. The predicted octanol–water partition coefficient (Wildman–Crippen LogP) is -0.415. The molecule has 0 radical (unpaired) electrons. The van der Waals surface area contributed by atoms with Gasteiger partial charge in [0.1, 0.15) is 6.04 Å². The molecule has 0 spiro atoms. The highest BCUT2D eigenvalue weighted by atomic mass is 16.4. The standard InChI is InChI=1S/C12H23N3O4/c1-7(4-3-5-8(2)13)11(17)15-9(12(18)19)6-10(14)16/h7-9H,3-6,13H2,1-2H3,(H2,14,16)(H,15,17)(H,18,19)/t7?,8?,9-/m1/s1. The summed E-state index contributed by atoms with van der Waals surface area (Å²) >= 11 is 0. The summed E-state index contributed by atoms with van der Waals surface area (Å²) in [6.07, 6.45) is 1.81. The van der Waals surface area contributed by atoms with E-state index in [0.717, 1.165) is 12.8 Å². The maximum Gasteiger partial charge on any atom is 0.326 e. The lowest BCUT2D eigenvalue weighted by molar-refractivity contribution is -0.143. The van der Waals surface area contributed by atoms with Crippen LogP contribution in [0.3, 0.4) is 0 Å². The second-order valence-corrected chi connectivity index (χ2v) is 4.88. The van der Waals surface area contributed by atoms with Crippen molar-refractivity contribution in [3.63, 3.8) is 0 Å². The summed E-state index contributed by atoms with van der Waals surface area (Å²) in [7, 11) is 0. The minimum Gasteiger partial charge on any atom is -0.480 e. The highest BCUT2D eigenvalue weighted by molar-refractivity contribution is 5.88. The van der Waals surface area contributed by atoms with E-state index in [0.29, 0.717) is 6.42 Å². The Balaban J connectivity index is 4.23. The van der Waals surface area contributed by atoms with Crippen molar-refractivity contribution in [1.29, 1.82) is 0 Å². The largest absolute Gasteiger partial charge is 0.480 e. The van der Waals surface area contributed by atoms with Gasteiger partial charge in [-0.15, -0.1) is 0 Å². The summed E-state index contributed by atoms with van der Waals surface area (Å²) in [6.45, 7) is 3.59. The summed E-state index contributed by atoms with van der Waals surface area (Å²) in [5, 5.41) is 11.2. The van der Waals surface area contributed by atoms with Crippen LogP contribution >= 0.6 is 0 Å². The molecule has 3 atom stereocenters. The van der Waals surface area contributed by atoms with E-state index in [-0.39, 0.29) is 12.0 Å². The zero-order chi connectivity index (χ0) is 15.0. The first-order chi connectivity index (χ1) is 8.73. The number of carbonyl (C=O) groups excluding carboxylic acids is 2.